The number of hydrogen-bond acceptors (Lipinski definition) is 5. The molecule has 1 aliphatic heterocycles. The fourth-order valence-electron chi connectivity index (χ4n) is 2.23. The number of sulfonamides is 1. The molecule has 0 saturated heterocycles. The van der Waals surface area contributed by atoms with E-state index in [1.54, 1.807) is 37.4 Å². The van der Waals surface area contributed by atoms with Crippen molar-refractivity contribution < 1.29 is 22.6 Å². The van der Waals surface area contributed by atoms with Crippen LogP contribution in [0.4, 0.5) is 0 Å². The number of ether oxygens (including phenoxy) is 3. The fraction of sp³-hybridized carbons (Fsp3) is 0.222. The molecule has 1 aliphatic rings. The number of methoxy groups -OCH3 is 1. The first kappa shape index (κ1) is 17.1. The quantitative estimate of drug-likeness (QED) is 0.843. The first-order valence-electron chi connectivity index (χ1n) is 7.61. The van der Waals surface area contributed by atoms with Crippen molar-refractivity contribution in [2.75, 3.05) is 26.9 Å². The summed E-state index contributed by atoms with van der Waals surface area (Å²) >= 11 is 0. The van der Waals surface area contributed by atoms with E-state index in [0.29, 0.717) is 24.7 Å². The molecule has 0 atom stereocenters. The highest BCUT2D eigenvalue weighted by molar-refractivity contribution is 7.89. The molecular weight excluding hydrogens is 342 g/mol. The molecule has 0 aromatic heterocycles. The van der Waals surface area contributed by atoms with Crippen molar-refractivity contribution in [2.45, 2.75) is 4.90 Å². The van der Waals surface area contributed by atoms with Crippen LogP contribution in [0.3, 0.4) is 0 Å². The number of nitrogens with one attached hydrogen (secondary N) is 1. The van der Waals surface area contributed by atoms with Crippen LogP contribution in [0.2, 0.25) is 0 Å². The first-order valence-corrected chi connectivity index (χ1v) is 9.09. The van der Waals surface area contributed by atoms with E-state index in [0.717, 1.165) is 11.3 Å². The Morgan fingerprint density at radius 2 is 1.80 bits per heavy atom. The fourth-order valence-corrected chi connectivity index (χ4v) is 3.16. The first-order chi connectivity index (χ1) is 12.1. The van der Waals surface area contributed by atoms with E-state index in [2.05, 4.69) is 16.6 Å². The summed E-state index contributed by atoms with van der Waals surface area (Å²) in [5.74, 6) is 7.40. The van der Waals surface area contributed by atoms with Crippen LogP contribution in [0.25, 0.3) is 0 Å². The van der Waals surface area contributed by atoms with Crippen LogP contribution in [-0.4, -0.2) is 35.3 Å². The highest BCUT2D eigenvalue weighted by atomic mass is 32.2. The molecule has 0 bridgehead atoms. The second-order valence-corrected chi connectivity index (χ2v) is 6.93. The van der Waals surface area contributed by atoms with Gasteiger partial charge in [-0.25, -0.2) is 8.42 Å². The molecule has 0 fully saturated rings. The largest absolute Gasteiger partial charge is 0.497 e. The molecule has 0 amide bonds. The molecule has 2 aromatic carbocycles. The summed E-state index contributed by atoms with van der Waals surface area (Å²) in [6.07, 6.45) is 0. The van der Waals surface area contributed by atoms with Gasteiger partial charge in [-0.3, -0.25) is 0 Å². The van der Waals surface area contributed by atoms with Crippen molar-refractivity contribution in [3.05, 3.63) is 48.0 Å². The third-order valence-electron chi connectivity index (χ3n) is 3.50. The summed E-state index contributed by atoms with van der Waals surface area (Å²) in [6.45, 7) is 0.859. The van der Waals surface area contributed by atoms with E-state index < -0.39 is 10.0 Å². The monoisotopic (exact) mass is 359 g/mol. The van der Waals surface area contributed by atoms with Crippen LogP contribution < -0.4 is 18.9 Å². The van der Waals surface area contributed by atoms with Crippen LogP contribution >= 0.6 is 0 Å². The molecule has 0 spiro atoms. The van der Waals surface area contributed by atoms with Crippen molar-refractivity contribution in [1.82, 2.24) is 4.72 Å². The van der Waals surface area contributed by atoms with E-state index in [9.17, 15) is 8.42 Å². The Labute approximate surface area is 146 Å². The maximum atomic E-state index is 12.3. The molecule has 1 N–H and O–H groups in total. The molecule has 0 saturated carbocycles. The molecular formula is C18H17NO5S. The molecule has 0 aliphatic carbocycles. The Hall–Kier alpha value is -2.69. The van der Waals surface area contributed by atoms with Gasteiger partial charge in [0.15, 0.2) is 11.5 Å². The minimum absolute atomic E-state index is 0.00278. The summed E-state index contributed by atoms with van der Waals surface area (Å²) < 4.78 is 43.0. The van der Waals surface area contributed by atoms with Gasteiger partial charge < -0.3 is 14.2 Å². The lowest BCUT2D eigenvalue weighted by molar-refractivity contribution is 0.171. The van der Waals surface area contributed by atoms with Gasteiger partial charge in [0.05, 0.1) is 18.6 Å². The lowest BCUT2D eigenvalue weighted by atomic mass is 10.2. The van der Waals surface area contributed by atoms with E-state index >= 15 is 0 Å². The van der Waals surface area contributed by atoms with Gasteiger partial charge in [-0.15, -0.1) is 0 Å². The standard InChI is InChI=1S/C18H17NO5S/c1-22-15-6-4-14(5-7-15)3-2-10-19-25(20,21)16-8-9-17-18(13-16)24-12-11-23-17/h4-9,13,19H,10-12H2,1H3. The third kappa shape index (κ3) is 4.24. The SMILES string of the molecule is COc1ccc(C#CCNS(=O)(=O)c2ccc3c(c2)OCCO3)cc1. The number of hydrogen-bond donors (Lipinski definition) is 1. The molecule has 3 rings (SSSR count). The van der Waals surface area contributed by atoms with Crippen LogP contribution in [-0.2, 0) is 10.0 Å². The lowest BCUT2D eigenvalue weighted by Gasteiger charge is -2.18. The maximum Gasteiger partial charge on any atom is 0.241 e. The molecule has 0 radical (unpaired) electrons. The normalized spacial score (nSPS) is 12.8. The Bertz CT molecular complexity index is 911. The zero-order chi connectivity index (χ0) is 17.7. The zero-order valence-corrected chi connectivity index (χ0v) is 14.4. The molecule has 1 heterocycles. The van der Waals surface area contributed by atoms with Crippen molar-refractivity contribution in [3.63, 3.8) is 0 Å². The molecule has 25 heavy (non-hydrogen) atoms. The van der Waals surface area contributed by atoms with Crippen LogP contribution in [0.5, 0.6) is 17.2 Å². The lowest BCUT2D eigenvalue weighted by Crippen LogP contribution is -2.24. The van der Waals surface area contributed by atoms with Crippen LogP contribution in [0.1, 0.15) is 5.56 Å². The second kappa shape index (κ2) is 7.47. The van der Waals surface area contributed by atoms with Gasteiger partial charge in [0.2, 0.25) is 10.0 Å². The van der Waals surface area contributed by atoms with Crippen LogP contribution in [0, 0.1) is 11.8 Å². The molecule has 130 valence electrons. The van der Waals surface area contributed by atoms with Gasteiger partial charge in [-0.2, -0.15) is 4.72 Å². The Morgan fingerprint density at radius 1 is 1.08 bits per heavy atom. The van der Waals surface area contributed by atoms with E-state index in [1.807, 2.05) is 0 Å². The van der Waals surface area contributed by atoms with Crippen molar-refractivity contribution in [1.29, 1.82) is 0 Å². The number of fused-ring (bicyclic) bond motifs is 1. The van der Waals surface area contributed by atoms with Gasteiger partial charge in [0.1, 0.15) is 19.0 Å². The molecule has 6 nitrogen and oxygen atoms in total. The molecule has 2 aromatic rings. The van der Waals surface area contributed by atoms with Crippen molar-refractivity contribution in [2.24, 2.45) is 0 Å². The van der Waals surface area contributed by atoms with E-state index in [1.165, 1.54) is 12.1 Å². The highest BCUT2D eigenvalue weighted by Gasteiger charge is 2.18. The summed E-state index contributed by atoms with van der Waals surface area (Å²) in [6, 6.07) is 11.7. The number of rotatable bonds is 4. The summed E-state index contributed by atoms with van der Waals surface area (Å²) in [4.78, 5) is 0.114. The summed E-state index contributed by atoms with van der Waals surface area (Å²) in [7, 11) is -2.08. The summed E-state index contributed by atoms with van der Waals surface area (Å²) in [5, 5.41) is 0. The zero-order valence-electron chi connectivity index (χ0n) is 13.6. The summed E-state index contributed by atoms with van der Waals surface area (Å²) in [5.41, 5.74) is 0.777. The third-order valence-corrected chi connectivity index (χ3v) is 4.90. The van der Waals surface area contributed by atoms with Gasteiger partial charge in [-0.1, -0.05) is 11.8 Å². The van der Waals surface area contributed by atoms with E-state index in [-0.39, 0.29) is 11.4 Å². The predicted octanol–water partition coefficient (Wildman–Crippen LogP) is 1.80. The van der Waals surface area contributed by atoms with Crippen LogP contribution in [0.15, 0.2) is 47.4 Å². The predicted molar refractivity (Wildman–Crippen MR) is 92.5 cm³/mol. The average molecular weight is 359 g/mol. The Morgan fingerprint density at radius 3 is 2.52 bits per heavy atom. The van der Waals surface area contributed by atoms with Gasteiger partial charge in [0.25, 0.3) is 0 Å². The minimum Gasteiger partial charge on any atom is -0.497 e. The Kier molecular flexibility index (Phi) is 5.12. The maximum absolute atomic E-state index is 12.3. The van der Waals surface area contributed by atoms with Gasteiger partial charge in [-0.05, 0) is 36.4 Å². The molecule has 7 heteroatoms. The van der Waals surface area contributed by atoms with Gasteiger partial charge >= 0.3 is 0 Å². The second-order valence-electron chi connectivity index (χ2n) is 5.16. The topological polar surface area (TPSA) is 73.9 Å². The van der Waals surface area contributed by atoms with Crippen molar-refractivity contribution in [3.8, 4) is 29.1 Å². The minimum atomic E-state index is -3.67. The Balaban J connectivity index is 1.65. The van der Waals surface area contributed by atoms with E-state index in [4.69, 9.17) is 14.2 Å². The highest BCUT2D eigenvalue weighted by Crippen LogP contribution is 2.32. The van der Waals surface area contributed by atoms with Gasteiger partial charge in [0, 0.05) is 11.6 Å². The number of benzene rings is 2. The van der Waals surface area contributed by atoms with Crippen molar-refractivity contribution >= 4 is 10.0 Å². The smallest absolute Gasteiger partial charge is 0.241 e. The molecule has 0 unspecified atom stereocenters. The average Bonchev–Trinajstić information content (AvgIpc) is 2.65.